The molecule has 16 nitrogen and oxygen atoms in total. The van der Waals surface area contributed by atoms with Gasteiger partial charge in [-0.15, -0.1) is 0 Å². The van der Waals surface area contributed by atoms with Crippen molar-refractivity contribution in [2.75, 3.05) is 77.8 Å². The van der Waals surface area contributed by atoms with Crippen molar-refractivity contribution in [2.24, 2.45) is 0 Å². The fourth-order valence-electron chi connectivity index (χ4n) is 6.73. The average Bonchev–Trinajstić information content (AvgIpc) is 4.05. The van der Waals surface area contributed by atoms with Gasteiger partial charge in [-0.3, -0.25) is 10.2 Å². The van der Waals surface area contributed by atoms with Gasteiger partial charge < -0.3 is 39.8 Å². The molecule has 0 saturated carbocycles. The van der Waals surface area contributed by atoms with E-state index in [0.717, 1.165) is 59.1 Å². The summed E-state index contributed by atoms with van der Waals surface area (Å²) < 4.78 is 22.3. The van der Waals surface area contributed by atoms with Gasteiger partial charge in [-0.25, -0.2) is 19.9 Å². The summed E-state index contributed by atoms with van der Waals surface area (Å²) in [6, 6.07) is 7.43. The number of rotatable bonds is 14. The second-order valence-corrected chi connectivity index (χ2v) is 14.3. The molecular weight excluding hydrogens is 760 g/mol. The minimum Gasteiger partial charge on any atom is -0.491 e. The maximum absolute atomic E-state index is 5.99. The number of aromatic amines is 2. The maximum atomic E-state index is 5.99. The van der Waals surface area contributed by atoms with Gasteiger partial charge >= 0.3 is 0 Å². The first-order valence-corrected chi connectivity index (χ1v) is 19.7. The molecule has 58 heavy (non-hydrogen) atoms. The molecule has 0 unspecified atom stereocenters. The third kappa shape index (κ3) is 12.3. The van der Waals surface area contributed by atoms with E-state index in [9.17, 15) is 0 Å². The molecule has 8 heterocycles. The van der Waals surface area contributed by atoms with Gasteiger partial charge in [-0.2, -0.15) is 10.2 Å². The van der Waals surface area contributed by atoms with Crippen molar-refractivity contribution in [3.8, 4) is 23.0 Å². The Morgan fingerprint density at radius 2 is 1.21 bits per heavy atom. The lowest BCUT2D eigenvalue weighted by Crippen LogP contribution is -2.22. The van der Waals surface area contributed by atoms with Crippen LogP contribution in [-0.4, -0.2) is 117 Å². The number of methoxy groups -OCH3 is 2. The Morgan fingerprint density at radius 3 is 1.79 bits per heavy atom. The second-order valence-electron chi connectivity index (χ2n) is 13.9. The number of nitrogens with two attached hydrogens (primary N) is 1. The molecule has 2 aliphatic heterocycles. The average molecular weight is 817 g/mol. The van der Waals surface area contributed by atoms with Crippen LogP contribution in [0.25, 0.3) is 21.8 Å². The summed E-state index contributed by atoms with van der Waals surface area (Å²) in [6.07, 6.45) is 14.0. The van der Waals surface area contributed by atoms with Crippen LogP contribution in [0.15, 0.2) is 49.1 Å². The van der Waals surface area contributed by atoms with Crippen molar-refractivity contribution in [1.29, 1.82) is 0 Å². The number of hydrogen-bond acceptors (Lipinski definition) is 14. The number of anilines is 3. The summed E-state index contributed by atoms with van der Waals surface area (Å²) in [7, 11) is 3.22. The Morgan fingerprint density at radius 1 is 0.690 bits per heavy atom. The first kappa shape index (κ1) is 43.7. The van der Waals surface area contributed by atoms with Crippen LogP contribution < -0.4 is 30.0 Å². The molecule has 6 aromatic rings. The molecule has 8 rings (SSSR count). The molecule has 0 radical (unpaired) electrons. The zero-order chi connectivity index (χ0) is 40.0. The van der Waals surface area contributed by atoms with E-state index in [4.69, 9.17) is 36.3 Å². The van der Waals surface area contributed by atoms with Crippen LogP contribution in [-0.2, 0) is 0 Å². The van der Waals surface area contributed by atoms with Crippen molar-refractivity contribution in [1.82, 2.24) is 50.1 Å². The standard InChI is InChI=1S/C20H26N6O2.C13H21N3O2.C7H6ClN3.CH4/c1-14-10-16-15(12-22-25-16)20(23-14)24-19-11-17(18(27-2)13-21-19)28-9-5-8-26-6-3-4-7-26;1-17-12-10-15-13(14)9-11(12)18-8-4-7-16-5-2-3-6-16;1-4-2-6-5(3-9-11-6)7(8)10-4;/h10-13H,3-9H2,1-2H3,(H,22,25)(H,21,23,24);9-10H,2-8H2,1H3,(H2,14,15);2-3H,1H3,(H,9,11);1H4. The van der Waals surface area contributed by atoms with Gasteiger partial charge in [0.25, 0.3) is 0 Å². The van der Waals surface area contributed by atoms with Crippen LogP contribution >= 0.6 is 11.6 Å². The molecule has 2 aliphatic rings. The van der Waals surface area contributed by atoms with E-state index >= 15 is 0 Å². The van der Waals surface area contributed by atoms with E-state index < -0.39 is 0 Å². The summed E-state index contributed by atoms with van der Waals surface area (Å²) >= 11 is 5.83. The van der Waals surface area contributed by atoms with Crippen molar-refractivity contribution >= 4 is 50.9 Å². The molecule has 2 saturated heterocycles. The largest absolute Gasteiger partial charge is 0.491 e. The second kappa shape index (κ2) is 21.9. The van der Waals surface area contributed by atoms with Crippen molar-refractivity contribution in [2.45, 2.75) is 59.8 Å². The van der Waals surface area contributed by atoms with Crippen molar-refractivity contribution in [3.63, 3.8) is 0 Å². The maximum Gasteiger partial charge on any atom is 0.179 e. The number of H-pyrrole nitrogens is 2. The van der Waals surface area contributed by atoms with Crippen LogP contribution in [0.4, 0.5) is 17.5 Å². The molecule has 17 heteroatoms. The molecular formula is C41H57ClN12O4. The lowest BCUT2D eigenvalue weighted by molar-refractivity contribution is 0.254. The molecule has 312 valence electrons. The van der Waals surface area contributed by atoms with Crippen LogP contribution in [0.1, 0.15) is 57.3 Å². The number of halogens is 1. The summed E-state index contributed by atoms with van der Waals surface area (Å²) in [4.78, 5) is 22.0. The lowest BCUT2D eigenvalue weighted by atomic mass is 10.2. The number of nitrogens with zero attached hydrogens (tertiary/aromatic N) is 8. The van der Waals surface area contributed by atoms with Crippen molar-refractivity contribution < 1.29 is 18.9 Å². The molecule has 0 spiro atoms. The highest BCUT2D eigenvalue weighted by atomic mass is 35.5. The van der Waals surface area contributed by atoms with Gasteiger partial charge in [0, 0.05) is 36.6 Å². The molecule has 0 atom stereocenters. The number of fused-ring (bicyclic) bond motifs is 2. The summed E-state index contributed by atoms with van der Waals surface area (Å²) in [5, 5.41) is 19.3. The fourth-order valence-corrected chi connectivity index (χ4v) is 7.02. The van der Waals surface area contributed by atoms with Crippen LogP contribution in [0, 0.1) is 13.8 Å². The van der Waals surface area contributed by atoms with E-state index in [2.05, 4.69) is 55.4 Å². The van der Waals surface area contributed by atoms with Gasteiger partial charge in [0.2, 0.25) is 0 Å². The Hall–Kier alpha value is -5.45. The smallest absolute Gasteiger partial charge is 0.179 e. The first-order chi connectivity index (χ1) is 27.8. The van der Waals surface area contributed by atoms with Gasteiger partial charge in [-0.1, -0.05) is 19.0 Å². The molecule has 6 aromatic heterocycles. The van der Waals surface area contributed by atoms with E-state index in [-0.39, 0.29) is 7.43 Å². The SMILES string of the molecule is C.COc1cnc(N)cc1OCCCN1CCCC1.COc1cnc(Nc2nc(C)cc3[nH]ncc23)cc1OCCCN1CCCC1.Cc1cc2[nH]ncc2c(Cl)n1. The van der Waals surface area contributed by atoms with Gasteiger partial charge in [0.1, 0.15) is 22.6 Å². The van der Waals surface area contributed by atoms with Crippen LogP contribution in [0.5, 0.6) is 23.0 Å². The molecule has 0 amide bonds. The number of nitrogens with one attached hydrogen (secondary N) is 3. The molecule has 2 fully saturated rings. The highest BCUT2D eigenvalue weighted by Gasteiger charge is 2.14. The quantitative estimate of drug-likeness (QED) is 0.0630. The lowest BCUT2D eigenvalue weighted by Gasteiger charge is -2.16. The number of likely N-dealkylation sites (tertiary alicyclic amines) is 2. The van der Waals surface area contributed by atoms with Gasteiger partial charge in [-0.05, 0) is 90.7 Å². The van der Waals surface area contributed by atoms with E-state index in [1.165, 1.54) is 51.9 Å². The molecule has 0 aromatic carbocycles. The third-order valence-corrected chi connectivity index (χ3v) is 9.89. The minimum atomic E-state index is 0. The number of hydrogen-bond donors (Lipinski definition) is 4. The third-order valence-electron chi connectivity index (χ3n) is 9.60. The summed E-state index contributed by atoms with van der Waals surface area (Å²) in [6.45, 7) is 12.2. The molecule has 5 N–H and O–H groups in total. The minimum absolute atomic E-state index is 0. The first-order valence-electron chi connectivity index (χ1n) is 19.4. The molecule has 0 aliphatic carbocycles. The number of ether oxygens (including phenoxy) is 4. The normalized spacial score (nSPS) is 13.9. The van der Waals surface area contributed by atoms with Crippen LogP contribution in [0.3, 0.4) is 0 Å². The monoisotopic (exact) mass is 816 g/mol. The Bertz CT molecular complexity index is 2170. The van der Waals surface area contributed by atoms with E-state index in [1.807, 2.05) is 32.0 Å². The Kier molecular flexibility index (Phi) is 16.5. The number of aryl methyl sites for hydroxylation is 2. The predicted octanol–water partition coefficient (Wildman–Crippen LogP) is 7.37. The predicted molar refractivity (Wildman–Crippen MR) is 230 cm³/mol. The Labute approximate surface area is 345 Å². The zero-order valence-electron chi connectivity index (χ0n) is 33.2. The number of pyridine rings is 4. The summed E-state index contributed by atoms with van der Waals surface area (Å²) in [5.41, 5.74) is 9.29. The van der Waals surface area contributed by atoms with Gasteiger partial charge in [0.05, 0.1) is 74.0 Å². The van der Waals surface area contributed by atoms with E-state index in [0.29, 0.717) is 58.8 Å². The topological polar surface area (TPSA) is 190 Å². The highest BCUT2D eigenvalue weighted by molar-refractivity contribution is 6.34. The number of nitrogen functional groups attached to an aromatic ring is 1. The number of aromatic nitrogens is 8. The summed E-state index contributed by atoms with van der Waals surface area (Å²) in [5.74, 6) is 4.41. The van der Waals surface area contributed by atoms with Gasteiger partial charge in [0.15, 0.2) is 23.0 Å². The highest BCUT2D eigenvalue weighted by Crippen LogP contribution is 2.31. The van der Waals surface area contributed by atoms with Crippen molar-refractivity contribution in [3.05, 3.63) is 65.6 Å². The van der Waals surface area contributed by atoms with E-state index in [1.54, 1.807) is 45.1 Å². The fraction of sp³-hybridized carbons (Fsp3) is 0.463. The zero-order valence-corrected chi connectivity index (χ0v) is 33.9. The molecule has 0 bridgehead atoms. The Balaban J connectivity index is 0.000000182. The van der Waals surface area contributed by atoms with Crippen LogP contribution in [0.2, 0.25) is 5.15 Å².